The van der Waals surface area contributed by atoms with Crippen molar-refractivity contribution in [2.45, 2.75) is 20.3 Å². The molecular weight excluding hydrogens is 312 g/mol. The van der Waals surface area contributed by atoms with Crippen LogP contribution in [0.2, 0.25) is 0 Å². The number of anilines is 1. The normalized spacial score (nSPS) is 10.5. The highest BCUT2D eigenvalue weighted by atomic mass is 16.2. The zero-order chi connectivity index (χ0) is 17.6. The van der Waals surface area contributed by atoms with Crippen LogP contribution in [0, 0.1) is 13.8 Å². The lowest BCUT2D eigenvalue weighted by Crippen LogP contribution is -2.31. The van der Waals surface area contributed by atoms with E-state index in [1.54, 1.807) is 0 Å². The van der Waals surface area contributed by atoms with Crippen molar-refractivity contribution in [1.82, 2.24) is 15.1 Å². The molecule has 0 aliphatic carbocycles. The average Bonchev–Trinajstić information content (AvgIpc) is 3.08. The molecule has 5 nitrogen and oxygen atoms in total. The number of carbonyl (C=O) groups is 1. The number of nitrogens with zero attached hydrogens (tertiary/aromatic N) is 2. The van der Waals surface area contributed by atoms with Gasteiger partial charge < -0.3 is 10.6 Å². The van der Waals surface area contributed by atoms with Gasteiger partial charge in [-0.25, -0.2) is 9.48 Å². The van der Waals surface area contributed by atoms with E-state index >= 15 is 0 Å². The molecule has 0 bridgehead atoms. The zero-order valence-corrected chi connectivity index (χ0v) is 14.5. The van der Waals surface area contributed by atoms with E-state index in [-0.39, 0.29) is 6.03 Å². The molecule has 0 unspecified atom stereocenters. The molecular formula is C20H22N4O. The van der Waals surface area contributed by atoms with Crippen molar-refractivity contribution in [2.75, 3.05) is 11.9 Å². The minimum atomic E-state index is -0.195. The molecule has 1 aromatic heterocycles. The molecule has 128 valence electrons. The number of aromatic nitrogens is 2. The molecule has 2 N–H and O–H groups in total. The summed E-state index contributed by atoms with van der Waals surface area (Å²) < 4.78 is 1.84. The summed E-state index contributed by atoms with van der Waals surface area (Å²) in [6.07, 6.45) is 2.61. The minimum Gasteiger partial charge on any atom is -0.337 e. The van der Waals surface area contributed by atoms with E-state index < -0.39 is 0 Å². The van der Waals surface area contributed by atoms with E-state index in [0.717, 1.165) is 28.2 Å². The van der Waals surface area contributed by atoms with Crippen LogP contribution in [-0.2, 0) is 6.42 Å². The number of urea groups is 1. The van der Waals surface area contributed by atoms with Gasteiger partial charge in [-0.15, -0.1) is 0 Å². The van der Waals surface area contributed by atoms with Crippen molar-refractivity contribution < 1.29 is 4.79 Å². The maximum Gasteiger partial charge on any atom is 0.319 e. The van der Waals surface area contributed by atoms with E-state index in [0.29, 0.717) is 13.0 Å². The molecule has 3 rings (SSSR count). The largest absolute Gasteiger partial charge is 0.337 e. The van der Waals surface area contributed by atoms with Crippen LogP contribution in [0.25, 0.3) is 5.69 Å². The number of hydrogen-bond donors (Lipinski definition) is 2. The van der Waals surface area contributed by atoms with Gasteiger partial charge >= 0.3 is 6.03 Å². The molecule has 0 saturated carbocycles. The fraction of sp³-hybridized carbons (Fsp3) is 0.200. The lowest BCUT2D eigenvalue weighted by Gasteiger charge is -2.12. The predicted molar refractivity (Wildman–Crippen MR) is 100 cm³/mol. The Morgan fingerprint density at radius 3 is 2.44 bits per heavy atom. The first kappa shape index (κ1) is 16.8. The molecule has 0 spiro atoms. The van der Waals surface area contributed by atoms with Crippen LogP contribution in [0.3, 0.4) is 0 Å². The highest BCUT2D eigenvalue weighted by Gasteiger charge is 2.07. The van der Waals surface area contributed by atoms with E-state index in [4.69, 9.17) is 0 Å². The molecule has 25 heavy (non-hydrogen) atoms. The minimum absolute atomic E-state index is 0.195. The fourth-order valence-corrected chi connectivity index (χ4v) is 2.69. The number of para-hydroxylation sites is 2. The van der Waals surface area contributed by atoms with Crippen molar-refractivity contribution in [1.29, 1.82) is 0 Å². The Hall–Kier alpha value is -3.08. The van der Waals surface area contributed by atoms with Gasteiger partial charge in [-0.2, -0.15) is 5.10 Å². The van der Waals surface area contributed by atoms with Crippen LogP contribution in [0.5, 0.6) is 0 Å². The maximum absolute atomic E-state index is 12.1. The number of nitrogens with one attached hydrogen (secondary N) is 2. The Labute approximate surface area is 147 Å². The van der Waals surface area contributed by atoms with Crippen LogP contribution in [-0.4, -0.2) is 22.4 Å². The van der Waals surface area contributed by atoms with Gasteiger partial charge in [0.1, 0.15) is 0 Å². The summed E-state index contributed by atoms with van der Waals surface area (Å²) in [6, 6.07) is 17.7. The van der Waals surface area contributed by atoms with E-state index in [1.807, 2.05) is 79.3 Å². The summed E-state index contributed by atoms with van der Waals surface area (Å²) in [7, 11) is 0. The average molecular weight is 334 g/mol. The molecule has 0 aliphatic rings. The van der Waals surface area contributed by atoms with Crippen LogP contribution in [0.1, 0.15) is 16.8 Å². The van der Waals surface area contributed by atoms with Gasteiger partial charge in [0.15, 0.2) is 0 Å². The summed E-state index contributed by atoms with van der Waals surface area (Å²) in [5, 5.41) is 10.3. The van der Waals surface area contributed by atoms with Gasteiger partial charge in [0, 0.05) is 24.8 Å². The van der Waals surface area contributed by atoms with Crippen molar-refractivity contribution in [3.05, 3.63) is 77.6 Å². The SMILES string of the molecule is Cc1cccc(C)c1NC(=O)NCCc1ccn(-c2ccccc2)n1. The third-order valence-electron chi connectivity index (χ3n) is 4.05. The summed E-state index contributed by atoms with van der Waals surface area (Å²) >= 11 is 0. The number of hydrogen-bond acceptors (Lipinski definition) is 2. The molecule has 0 saturated heterocycles. The molecule has 2 aromatic carbocycles. The van der Waals surface area contributed by atoms with Gasteiger partial charge in [0.25, 0.3) is 0 Å². The second-order valence-corrected chi connectivity index (χ2v) is 5.98. The number of benzene rings is 2. The number of rotatable bonds is 5. The van der Waals surface area contributed by atoms with Gasteiger partial charge in [0.05, 0.1) is 11.4 Å². The van der Waals surface area contributed by atoms with Crippen LogP contribution in [0.4, 0.5) is 10.5 Å². The Morgan fingerprint density at radius 2 is 1.72 bits per heavy atom. The van der Waals surface area contributed by atoms with E-state index in [1.165, 1.54) is 0 Å². The highest BCUT2D eigenvalue weighted by molar-refractivity contribution is 5.90. The first-order valence-corrected chi connectivity index (χ1v) is 8.34. The van der Waals surface area contributed by atoms with Crippen molar-refractivity contribution in [3.8, 4) is 5.69 Å². The molecule has 0 fully saturated rings. The number of carbonyl (C=O) groups excluding carboxylic acids is 1. The highest BCUT2D eigenvalue weighted by Crippen LogP contribution is 2.19. The van der Waals surface area contributed by atoms with Crippen molar-refractivity contribution in [3.63, 3.8) is 0 Å². The Morgan fingerprint density at radius 1 is 1.00 bits per heavy atom. The fourth-order valence-electron chi connectivity index (χ4n) is 2.69. The maximum atomic E-state index is 12.1. The molecule has 5 heteroatoms. The van der Waals surface area contributed by atoms with Gasteiger partial charge in [-0.3, -0.25) is 0 Å². The summed E-state index contributed by atoms with van der Waals surface area (Å²) in [6.45, 7) is 4.50. The summed E-state index contributed by atoms with van der Waals surface area (Å²) in [5.41, 5.74) is 4.94. The first-order valence-electron chi connectivity index (χ1n) is 8.34. The molecule has 1 heterocycles. The lowest BCUT2D eigenvalue weighted by atomic mass is 10.1. The van der Waals surface area contributed by atoms with E-state index in [9.17, 15) is 4.79 Å². The molecule has 0 radical (unpaired) electrons. The summed E-state index contributed by atoms with van der Waals surface area (Å²) in [4.78, 5) is 12.1. The van der Waals surface area contributed by atoms with E-state index in [2.05, 4.69) is 15.7 Å². The quantitative estimate of drug-likeness (QED) is 0.744. The smallest absolute Gasteiger partial charge is 0.319 e. The predicted octanol–water partition coefficient (Wildman–Crippen LogP) is 3.85. The number of amides is 2. The van der Waals surface area contributed by atoms with Crippen LogP contribution < -0.4 is 10.6 Å². The molecule has 0 atom stereocenters. The van der Waals surface area contributed by atoms with Crippen molar-refractivity contribution >= 4 is 11.7 Å². The monoisotopic (exact) mass is 334 g/mol. The molecule has 3 aromatic rings. The van der Waals surface area contributed by atoms with Gasteiger partial charge in [-0.05, 0) is 43.2 Å². The lowest BCUT2D eigenvalue weighted by molar-refractivity contribution is 0.252. The van der Waals surface area contributed by atoms with Crippen LogP contribution in [0.15, 0.2) is 60.8 Å². The zero-order valence-electron chi connectivity index (χ0n) is 14.5. The third-order valence-corrected chi connectivity index (χ3v) is 4.05. The Balaban J connectivity index is 1.51. The second kappa shape index (κ2) is 7.66. The second-order valence-electron chi connectivity index (χ2n) is 5.98. The van der Waals surface area contributed by atoms with Crippen molar-refractivity contribution in [2.24, 2.45) is 0 Å². The van der Waals surface area contributed by atoms with Gasteiger partial charge in [-0.1, -0.05) is 36.4 Å². The van der Waals surface area contributed by atoms with Gasteiger partial charge in [0.2, 0.25) is 0 Å². The Kier molecular flexibility index (Phi) is 5.14. The van der Waals surface area contributed by atoms with Crippen LogP contribution >= 0.6 is 0 Å². The number of aryl methyl sites for hydroxylation is 2. The standard InChI is InChI=1S/C20H22N4O/c1-15-7-6-8-16(2)19(15)22-20(25)21-13-11-17-12-14-24(23-17)18-9-4-3-5-10-18/h3-10,12,14H,11,13H2,1-2H3,(H2,21,22,25). The molecule has 0 aliphatic heterocycles. The summed E-state index contributed by atoms with van der Waals surface area (Å²) in [5.74, 6) is 0. The first-order chi connectivity index (χ1) is 12.1. The molecule has 2 amide bonds. The topological polar surface area (TPSA) is 59.0 Å². The third kappa shape index (κ3) is 4.26. The Bertz CT molecular complexity index is 835.